The second kappa shape index (κ2) is 4.61. The Hall–Kier alpha value is -2.85. The highest BCUT2D eigenvalue weighted by Crippen LogP contribution is 2.46. The van der Waals surface area contributed by atoms with Gasteiger partial charge in [0.15, 0.2) is 5.54 Å². The largest absolute Gasteiger partial charge is 0.314 e. The molecule has 0 N–H and O–H groups in total. The third-order valence-electron chi connectivity index (χ3n) is 3.73. The highest BCUT2D eigenvalue weighted by molar-refractivity contribution is 6.09. The van der Waals surface area contributed by atoms with Gasteiger partial charge in [0, 0.05) is 23.2 Å². The van der Waals surface area contributed by atoms with Crippen molar-refractivity contribution in [2.45, 2.75) is 5.54 Å². The maximum atomic E-state index is 13.2. The first-order valence-corrected chi connectivity index (χ1v) is 6.31. The molecule has 5 nitrogen and oxygen atoms in total. The second-order valence-electron chi connectivity index (χ2n) is 4.79. The third kappa shape index (κ3) is 1.70. The molecule has 2 aromatic carbocycles. The first-order chi connectivity index (χ1) is 10.1. The Bertz CT molecular complexity index is 767. The number of azide groups is 1. The number of nitrogens with zero attached hydrogens (tertiary/aromatic N) is 4. The number of amides is 1. The predicted molar refractivity (Wildman–Crippen MR) is 76.2 cm³/mol. The molecule has 0 saturated carbocycles. The number of halogens is 1. The van der Waals surface area contributed by atoms with Crippen LogP contribution in [0.5, 0.6) is 0 Å². The number of rotatable bonds is 2. The van der Waals surface area contributed by atoms with E-state index in [1.807, 2.05) is 0 Å². The smallest absolute Gasteiger partial charge is 0.247 e. The van der Waals surface area contributed by atoms with Gasteiger partial charge in [-0.05, 0) is 29.3 Å². The van der Waals surface area contributed by atoms with E-state index >= 15 is 0 Å². The van der Waals surface area contributed by atoms with E-state index in [0.717, 1.165) is 0 Å². The highest BCUT2D eigenvalue weighted by atomic mass is 19.1. The molecular weight excluding hydrogens is 271 g/mol. The van der Waals surface area contributed by atoms with Gasteiger partial charge < -0.3 is 4.90 Å². The SMILES string of the molecule is CN1C(=O)C(N=[N+]=[N-])(c2ccc(F)cc2)c2ccccc21. The van der Waals surface area contributed by atoms with Crippen LogP contribution in [0.2, 0.25) is 0 Å². The van der Waals surface area contributed by atoms with Crippen molar-refractivity contribution in [3.63, 3.8) is 0 Å². The highest BCUT2D eigenvalue weighted by Gasteiger charge is 2.50. The van der Waals surface area contributed by atoms with Crippen molar-refractivity contribution in [1.82, 2.24) is 0 Å². The number of fused-ring (bicyclic) bond motifs is 1. The van der Waals surface area contributed by atoms with Crippen molar-refractivity contribution in [2.75, 3.05) is 11.9 Å². The fourth-order valence-corrected chi connectivity index (χ4v) is 2.73. The van der Waals surface area contributed by atoms with Crippen LogP contribution in [-0.2, 0) is 10.3 Å². The number of carbonyl (C=O) groups excluding carboxylic acids is 1. The van der Waals surface area contributed by atoms with Gasteiger partial charge in [0.2, 0.25) is 5.91 Å². The molecule has 0 aromatic heterocycles. The summed E-state index contributed by atoms with van der Waals surface area (Å²) in [4.78, 5) is 17.0. The van der Waals surface area contributed by atoms with Gasteiger partial charge in [0.1, 0.15) is 5.82 Å². The van der Waals surface area contributed by atoms with Crippen molar-refractivity contribution >= 4 is 11.6 Å². The Morgan fingerprint density at radius 2 is 1.86 bits per heavy atom. The minimum atomic E-state index is -1.48. The molecule has 2 aromatic rings. The Morgan fingerprint density at radius 3 is 2.52 bits per heavy atom. The number of carbonyl (C=O) groups is 1. The van der Waals surface area contributed by atoms with Gasteiger partial charge in [0.25, 0.3) is 0 Å². The van der Waals surface area contributed by atoms with E-state index in [1.54, 1.807) is 31.3 Å². The molecular formula is C15H11FN4O. The number of para-hydroxylation sites is 1. The van der Waals surface area contributed by atoms with E-state index in [0.29, 0.717) is 16.8 Å². The topological polar surface area (TPSA) is 69.1 Å². The number of hydrogen-bond acceptors (Lipinski definition) is 2. The van der Waals surface area contributed by atoms with E-state index in [2.05, 4.69) is 10.0 Å². The number of hydrogen-bond donors (Lipinski definition) is 0. The zero-order chi connectivity index (χ0) is 15.0. The fourth-order valence-electron chi connectivity index (χ4n) is 2.73. The van der Waals surface area contributed by atoms with Crippen molar-refractivity contribution < 1.29 is 9.18 Å². The van der Waals surface area contributed by atoms with Crippen LogP contribution in [0.15, 0.2) is 53.6 Å². The van der Waals surface area contributed by atoms with E-state index < -0.39 is 11.4 Å². The van der Waals surface area contributed by atoms with Gasteiger partial charge in [-0.3, -0.25) is 4.79 Å². The van der Waals surface area contributed by atoms with Crippen molar-refractivity contribution in [1.29, 1.82) is 0 Å². The summed E-state index contributed by atoms with van der Waals surface area (Å²) < 4.78 is 13.2. The minimum absolute atomic E-state index is 0.354. The lowest BCUT2D eigenvalue weighted by Gasteiger charge is -2.23. The molecule has 1 aliphatic heterocycles. The van der Waals surface area contributed by atoms with Gasteiger partial charge in [-0.1, -0.05) is 35.4 Å². The molecule has 104 valence electrons. The van der Waals surface area contributed by atoms with E-state index in [4.69, 9.17) is 5.53 Å². The van der Waals surface area contributed by atoms with Gasteiger partial charge in [0.05, 0.1) is 0 Å². The summed E-state index contributed by atoms with van der Waals surface area (Å²) in [5.74, 6) is -0.768. The molecule has 1 amide bonds. The van der Waals surface area contributed by atoms with Crippen LogP contribution >= 0.6 is 0 Å². The van der Waals surface area contributed by atoms with Crippen LogP contribution in [0.1, 0.15) is 11.1 Å². The van der Waals surface area contributed by atoms with Crippen LogP contribution in [0.4, 0.5) is 10.1 Å². The average Bonchev–Trinajstić information content (AvgIpc) is 2.72. The summed E-state index contributed by atoms with van der Waals surface area (Å²) in [5, 5.41) is 3.79. The molecule has 1 aliphatic rings. The average molecular weight is 282 g/mol. The number of benzene rings is 2. The Balaban J connectivity index is 2.35. The van der Waals surface area contributed by atoms with Crippen molar-refractivity contribution in [2.24, 2.45) is 5.11 Å². The lowest BCUT2D eigenvalue weighted by molar-refractivity contribution is -0.121. The quantitative estimate of drug-likeness (QED) is 0.473. The Kier molecular flexibility index (Phi) is 2.89. The van der Waals surface area contributed by atoms with Crippen molar-refractivity contribution in [3.8, 4) is 0 Å². The maximum absolute atomic E-state index is 13.2. The molecule has 0 radical (unpaired) electrons. The summed E-state index contributed by atoms with van der Waals surface area (Å²) >= 11 is 0. The van der Waals surface area contributed by atoms with Gasteiger partial charge in [-0.25, -0.2) is 4.39 Å². The summed E-state index contributed by atoms with van der Waals surface area (Å²) in [6.45, 7) is 0. The molecule has 1 atom stereocenters. The molecule has 6 heteroatoms. The number of likely N-dealkylation sites (N-methyl/N-ethyl adjacent to an activating group) is 1. The van der Waals surface area contributed by atoms with Crippen LogP contribution in [0, 0.1) is 5.82 Å². The lowest BCUT2D eigenvalue weighted by Crippen LogP contribution is -2.37. The van der Waals surface area contributed by atoms with Gasteiger partial charge in [-0.2, -0.15) is 0 Å². The molecule has 1 heterocycles. The standard InChI is InChI=1S/C15H11FN4O/c1-20-13-5-3-2-4-12(13)15(14(20)21,18-19-17)10-6-8-11(16)9-7-10/h2-9H,1H3. The summed E-state index contributed by atoms with van der Waals surface area (Å²) in [5.41, 5.74) is 9.20. The monoisotopic (exact) mass is 282 g/mol. The molecule has 3 rings (SSSR count). The zero-order valence-electron chi connectivity index (χ0n) is 11.2. The van der Waals surface area contributed by atoms with Gasteiger partial charge in [-0.15, -0.1) is 0 Å². The fraction of sp³-hybridized carbons (Fsp3) is 0.133. The minimum Gasteiger partial charge on any atom is -0.314 e. The van der Waals surface area contributed by atoms with E-state index in [1.165, 1.54) is 29.2 Å². The van der Waals surface area contributed by atoms with Crippen LogP contribution in [0.25, 0.3) is 10.4 Å². The first kappa shape index (κ1) is 13.1. The molecule has 21 heavy (non-hydrogen) atoms. The number of anilines is 1. The normalized spacial score (nSPS) is 20.1. The Labute approximate surface area is 120 Å². The van der Waals surface area contributed by atoms with Crippen LogP contribution in [-0.4, -0.2) is 13.0 Å². The van der Waals surface area contributed by atoms with Gasteiger partial charge >= 0.3 is 0 Å². The van der Waals surface area contributed by atoms with E-state index in [-0.39, 0.29) is 5.91 Å². The Morgan fingerprint density at radius 1 is 1.19 bits per heavy atom. The summed E-state index contributed by atoms with van der Waals surface area (Å²) in [7, 11) is 1.62. The van der Waals surface area contributed by atoms with Crippen LogP contribution in [0.3, 0.4) is 0 Å². The molecule has 0 saturated heterocycles. The summed E-state index contributed by atoms with van der Waals surface area (Å²) in [6.07, 6.45) is 0. The second-order valence-corrected chi connectivity index (χ2v) is 4.79. The zero-order valence-corrected chi connectivity index (χ0v) is 11.2. The molecule has 0 aliphatic carbocycles. The van der Waals surface area contributed by atoms with Crippen molar-refractivity contribution in [3.05, 3.63) is 75.9 Å². The molecule has 1 unspecified atom stereocenters. The lowest BCUT2D eigenvalue weighted by atomic mass is 9.85. The van der Waals surface area contributed by atoms with Crippen LogP contribution < -0.4 is 4.90 Å². The summed E-state index contributed by atoms with van der Waals surface area (Å²) in [6, 6.07) is 12.5. The first-order valence-electron chi connectivity index (χ1n) is 6.31. The molecule has 0 spiro atoms. The third-order valence-corrected chi connectivity index (χ3v) is 3.73. The maximum Gasteiger partial charge on any atom is 0.247 e. The van der Waals surface area contributed by atoms with E-state index in [9.17, 15) is 9.18 Å². The molecule has 0 fully saturated rings. The molecule has 0 bridgehead atoms. The predicted octanol–water partition coefficient (Wildman–Crippen LogP) is 3.36.